The van der Waals surface area contributed by atoms with Crippen LogP contribution in [0.3, 0.4) is 0 Å². The van der Waals surface area contributed by atoms with Gasteiger partial charge in [0.2, 0.25) is 5.91 Å². The van der Waals surface area contributed by atoms with Crippen molar-refractivity contribution < 1.29 is 4.79 Å². The van der Waals surface area contributed by atoms with Gasteiger partial charge in [-0.05, 0) is 55.8 Å². The third kappa shape index (κ3) is 1.64. The lowest BCUT2D eigenvalue weighted by Crippen LogP contribution is -2.44. The van der Waals surface area contributed by atoms with Crippen LogP contribution >= 0.6 is 11.6 Å². The second-order valence-corrected chi connectivity index (χ2v) is 7.49. The van der Waals surface area contributed by atoms with Gasteiger partial charge in [0.15, 0.2) is 0 Å². The lowest BCUT2D eigenvalue weighted by atomic mass is 9.94. The van der Waals surface area contributed by atoms with E-state index in [9.17, 15) is 4.79 Å². The molecule has 0 heterocycles. The highest BCUT2D eigenvalue weighted by atomic mass is 35.5. The third-order valence-electron chi connectivity index (χ3n) is 6.05. The molecule has 6 unspecified atom stereocenters. The number of halogens is 1. The molecule has 0 spiro atoms. The third-order valence-corrected chi connectivity index (χ3v) is 6.57. The van der Waals surface area contributed by atoms with E-state index in [0.717, 1.165) is 36.5 Å². The van der Waals surface area contributed by atoms with E-state index in [1.54, 1.807) is 0 Å². The molecule has 1 amide bonds. The number of alkyl halides is 1. The Morgan fingerprint density at radius 1 is 1.00 bits per heavy atom. The molecule has 18 heavy (non-hydrogen) atoms. The van der Waals surface area contributed by atoms with Crippen molar-refractivity contribution in [3.05, 3.63) is 0 Å². The molecule has 4 rings (SSSR count). The second kappa shape index (κ2) is 4.13. The predicted molar refractivity (Wildman–Crippen MR) is 71.3 cm³/mol. The number of carbonyl (C=O) groups excluding carboxylic acids is 1. The number of hydrogen-bond donors (Lipinski definition) is 1. The van der Waals surface area contributed by atoms with Crippen LogP contribution < -0.4 is 5.32 Å². The first kappa shape index (κ1) is 11.6. The largest absolute Gasteiger partial charge is 0.352 e. The molecular weight excluding hydrogens is 246 g/mol. The van der Waals surface area contributed by atoms with Crippen molar-refractivity contribution >= 4 is 17.5 Å². The van der Waals surface area contributed by atoms with Crippen LogP contribution in [-0.4, -0.2) is 17.3 Å². The van der Waals surface area contributed by atoms with Gasteiger partial charge in [0.1, 0.15) is 0 Å². The van der Waals surface area contributed by atoms with Crippen LogP contribution in [0.15, 0.2) is 0 Å². The van der Waals surface area contributed by atoms with E-state index in [1.807, 2.05) is 0 Å². The predicted octanol–water partition coefficient (Wildman–Crippen LogP) is 2.94. The Morgan fingerprint density at radius 3 is 2.33 bits per heavy atom. The minimum absolute atomic E-state index is 0.165. The molecule has 4 saturated carbocycles. The van der Waals surface area contributed by atoms with Gasteiger partial charge in [-0.15, -0.1) is 11.6 Å². The van der Waals surface area contributed by atoms with E-state index in [4.69, 9.17) is 11.6 Å². The van der Waals surface area contributed by atoms with Crippen LogP contribution in [0.2, 0.25) is 0 Å². The average Bonchev–Trinajstić information content (AvgIpc) is 2.82. The van der Waals surface area contributed by atoms with Crippen LogP contribution in [0.5, 0.6) is 0 Å². The highest BCUT2D eigenvalue weighted by Gasteiger charge is 2.67. The average molecular weight is 268 g/mol. The summed E-state index contributed by atoms with van der Waals surface area (Å²) in [5, 5.41) is 3.42. The summed E-state index contributed by atoms with van der Waals surface area (Å²) < 4.78 is 0. The monoisotopic (exact) mass is 267 g/mol. The molecule has 4 aliphatic rings. The van der Waals surface area contributed by atoms with Crippen molar-refractivity contribution in [2.24, 2.45) is 29.6 Å². The number of rotatable bonds is 2. The van der Waals surface area contributed by atoms with Crippen LogP contribution in [-0.2, 0) is 4.79 Å². The Bertz CT molecular complexity index is 356. The molecule has 100 valence electrons. The number of nitrogens with one attached hydrogen (secondary N) is 1. The zero-order valence-corrected chi connectivity index (χ0v) is 11.5. The van der Waals surface area contributed by atoms with Gasteiger partial charge in [-0.3, -0.25) is 4.79 Å². The van der Waals surface area contributed by atoms with Gasteiger partial charge in [0.25, 0.3) is 0 Å². The van der Waals surface area contributed by atoms with Crippen molar-refractivity contribution in [3.63, 3.8) is 0 Å². The Morgan fingerprint density at radius 2 is 1.67 bits per heavy atom. The van der Waals surface area contributed by atoms with Crippen LogP contribution in [0.1, 0.15) is 44.9 Å². The number of carbonyl (C=O) groups is 1. The van der Waals surface area contributed by atoms with E-state index in [0.29, 0.717) is 11.8 Å². The van der Waals surface area contributed by atoms with Gasteiger partial charge < -0.3 is 5.32 Å². The van der Waals surface area contributed by atoms with Gasteiger partial charge in [-0.2, -0.15) is 0 Å². The Balaban J connectivity index is 1.38. The molecule has 3 heteroatoms. The fourth-order valence-electron chi connectivity index (χ4n) is 5.20. The summed E-state index contributed by atoms with van der Waals surface area (Å²) in [5.41, 5.74) is 0. The zero-order valence-electron chi connectivity index (χ0n) is 10.8. The molecule has 2 bridgehead atoms. The Kier molecular flexibility index (Phi) is 2.65. The van der Waals surface area contributed by atoms with Crippen LogP contribution in [0.4, 0.5) is 0 Å². The molecule has 4 fully saturated rings. The SMILES string of the molecule is O=C(NC1CCCCC1Cl)C1C2C3CCC(C3)C12. The molecule has 0 aromatic rings. The van der Waals surface area contributed by atoms with Crippen molar-refractivity contribution in [2.75, 3.05) is 0 Å². The van der Waals surface area contributed by atoms with E-state index in [2.05, 4.69) is 5.32 Å². The fraction of sp³-hybridized carbons (Fsp3) is 0.933. The minimum Gasteiger partial charge on any atom is -0.352 e. The highest BCUT2D eigenvalue weighted by Crippen LogP contribution is 2.69. The fourth-order valence-corrected chi connectivity index (χ4v) is 5.55. The topological polar surface area (TPSA) is 29.1 Å². The summed E-state index contributed by atoms with van der Waals surface area (Å²) in [6, 6.07) is 0.242. The van der Waals surface area contributed by atoms with Gasteiger partial charge in [-0.25, -0.2) is 0 Å². The summed E-state index contributed by atoms with van der Waals surface area (Å²) in [4.78, 5) is 12.4. The maximum Gasteiger partial charge on any atom is 0.223 e. The molecule has 6 atom stereocenters. The van der Waals surface area contributed by atoms with Crippen molar-refractivity contribution in [2.45, 2.75) is 56.4 Å². The quantitative estimate of drug-likeness (QED) is 0.766. The van der Waals surface area contributed by atoms with E-state index in [1.165, 1.54) is 32.1 Å². The summed E-state index contributed by atoms with van der Waals surface area (Å²) in [6.45, 7) is 0. The molecule has 0 radical (unpaired) electrons. The number of hydrogen-bond acceptors (Lipinski definition) is 1. The van der Waals surface area contributed by atoms with E-state index < -0.39 is 0 Å². The molecule has 0 aliphatic heterocycles. The molecule has 0 saturated heterocycles. The summed E-state index contributed by atoms with van der Waals surface area (Å²) >= 11 is 6.33. The van der Waals surface area contributed by atoms with Gasteiger partial charge in [0.05, 0.1) is 5.38 Å². The molecule has 4 aliphatic carbocycles. The van der Waals surface area contributed by atoms with Crippen molar-refractivity contribution in [3.8, 4) is 0 Å². The minimum atomic E-state index is 0.165. The smallest absolute Gasteiger partial charge is 0.223 e. The van der Waals surface area contributed by atoms with Gasteiger partial charge >= 0.3 is 0 Å². The molecule has 0 aromatic carbocycles. The van der Waals surface area contributed by atoms with E-state index >= 15 is 0 Å². The lowest BCUT2D eigenvalue weighted by Gasteiger charge is -2.28. The van der Waals surface area contributed by atoms with Gasteiger partial charge in [0, 0.05) is 12.0 Å². The standard InChI is InChI=1S/C15H22ClNO/c16-10-3-1-2-4-11(10)17-15(18)14-12-8-5-6-9(7-8)13(12)14/h8-14H,1-7H2,(H,17,18). The molecule has 1 N–H and O–H groups in total. The maximum absolute atomic E-state index is 12.4. The van der Waals surface area contributed by atoms with Crippen molar-refractivity contribution in [1.29, 1.82) is 0 Å². The number of fused-ring (bicyclic) bond motifs is 5. The van der Waals surface area contributed by atoms with Crippen LogP contribution in [0, 0.1) is 29.6 Å². The Labute approximate surface area is 114 Å². The first-order valence-electron chi connectivity index (χ1n) is 7.70. The first-order chi connectivity index (χ1) is 8.75. The lowest BCUT2D eigenvalue weighted by molar-refractivity contribution is -0.124. The summed E-state index contributed by atoms with van der Waals surface area (Å²) in [5.74, 6) is 3.96. The normalized spacial score (nSPS) is 53.1. The summed E-state index contributed by atoms with van der Waals surface area (Å²) in [7, 11) is 0. The highest BCUT2D eigenvalue weighted by molar-refractivity contribution is 6.21. The maximum atomic E-state index is 12.4. The van der Waals surface area contributed by atoms with Crippen molar-refractivity contribution in [1.82, 2.24) is 5.32 Å². The van der Waals surface area contributed by atoms with E-state index in [-0.39, 0.29) is 11.4 Å². The zero-order chi connectivity index (χ0) is 12.3. The number of amides is 1. The van der Waals surface area contributed by atoms with Gasteiger partial charge in [-0.1, -0.05) is 12.8 Å². The Hall–Kier alpha value is -0.240. The summed E-state index contributed by atoms with van der Waals surface area (Å²) in [6.07, 6.45) is 8.77. The van der Waals surface area contributed by atoms with Crippen LogP contribution in [0.25, 0.3) is 0 Å². The first-order valence-corrected chi connectivity index (χ1v) is 8.14. The second-order valence-electron chi connectivity index (χ2n) is 6.93. The molecule has 2 nitrogen and oxygen atoms in total. The molecule has 0 aromatic heterocycles. The molecular formula is C15H22ClNO.